The molecule has 0 radical (unpaired) electrons. The number of para-hydroxylation sites is 1. The van der Waals surface area contributed by atoms with Gasteiger partial charge >= 0.3 is 0 Å². The summed E-state index contributed by atoms with van der Waals surface area (Å²) in [6.45, 7) is 2.02. The van der Waals surface area contributed by atoms with Gasteiger partial charge in [-0.1, -0.05) is 12.1 Å². The van der Waals surface area contributed by atoms with Gasteiger partial charge in [0.2, 0.25) is 11.8 Å². The third-order valence-corrected chi connectivity index (χ3v) is 4.51. The second kappa shape index (κ2) is 6.25. The Morgan fingerprint density at radius 3 is 2.92 bits per heavy atom. The molecule has 2 heterocycles. The van der Waals surface area contributed by atoms with Crippen LogP contribution in [0.15, 0.2) is 42.5 Å². The van der Waals surface area contributed by atoms with Gasteiger partial charge in [0.1, 0.15) is 11.6 Å². The number of aromatic amines is 1. The average molecular weight is 352 g/mol. The van der Waals surface area contributed by atoms with E-state index in [-0.39, 0.29) is 30.5 Å². The molecule has 26 heavy (non-hydrogen) atoms. The van der Waals surface area contributed by atoms with Crippen molar-refractivity contribution in [3.05, 3.63) is 54.1 Å². The molecule has 1 aliphatic heterocycles. The zero-order valence-electron chi connectivity index (χ0n) is 14.1. The van der Waals surface area contributed by atoms with Crippen LogP contribution in [0.3, 0.4) is 0 Å². The number of aryl methyl sites for hydroxylation is 1. The summed E-state index contributed by atoms with van der Waals surface area (Å²) in [6.07, 6.45) is 0.0611. The van der Waals surface area contributed by atoms with Gasteiger partial charge in [0.15, 0.2) is 0 Å². The number of carbonyl (C=O) groups excluding carboxylic acids is 2. The van der Waals surface area contributed by atoms with Crippen LogP contribution in [0.2, 0.25) is 0 Å². The summed E-state index contributed by atoms with van der Waals surface area (Å²) in [7, 11) is 0. The van der Waals surface area contributed by atoms with Crippen LogP contribution in [0.1, 0.15) is 12.2 Å². The third kappa shape index (κ3) is 2.92. The van der Waals surface area contributed by atoms with E-state index >= 15 is 0 Å². The number of amides is 2. The first-order chi connectivity index (χ1) is 12.5. The van der Waals surface area contributed by atoms with Gasteiger partial charge in [0.05, 0.1) is 22.6 Å². The lowest BCUT2D eigenvalue weighted by Crippen LogP contribution is -2.28. The number of benzene rings is 2. The highest BCUT2D eigenvalue weighted by Gasteiger charge is 2.36. The Hall–Kier alpha value is -3.22. The minimum atomic E-state index is -0.527. The summed E-state index contributed by atoms with van der Waals surface area (Å²) in [5.41, 5.74) is 2.49. The van der Waals surface area contributed by atoms with Gasteiger partial charge in [-0.3, -0.25) is 9.59 Å². The molecule has 0 aliphatic carbocycles. The number of anilines is 2. The number of halogens is 1. The van der Waals surface area contributed by atoms with Crippen LogP contribution in [-0.2, 0) is 9.59 Å². The molecule has 1 saturated heterocycles. The second-order valence-electron chi connectivity index (χ2n) is 6.40. The molecule has 6 nitrogen and oxygen atoms in total. The lowest BCUT2D eigenvalue weighted by atomic mass is 10.1. The molecule has 2 aromatic carbocycles. The van der Waals surface area contributed by atoms with Crippen LogP contribution in [0.25, 0.3) is 11.0 Å². The molecular weight excluding hydrogens is 335 g/mol. The Morgan fingerprint density at radius 2 is 2.12 bits per heavy atom. The zero-order chi connectivity index (χ0) is 18.3. The van der Waals surface area contributed by atoms with E-state index in [2.05, 4.69) is 15.3 Å². The molecule has 132 valence electrons. The first-order valence-corrected chi connectivity index (χ1v) is 8.33. The highest BCUT2D eigenvalue weighted by atomic mass is 19.1. The number of hydrogen-bond acceptors (Lipinski definition) is 3. The minimum Gasteiger partial charge on any atom is -0.342 e. The molecule has 1 aliphatic rings. The van der Waals surface area contributed by atoms with Crippen LogP contribution in [0.5, 0.6) is 0 Å². The second-order valence-corrected chi connectivity index (χ2v) is 6.40. The molecule has 1 aromatic heterocycles. The van der Waals surface area contributed by atoms with Crippen molar-refractivity contribution in [1.82, 2.24) is 9.97 Å². The van der Waals surface area contributed by atoms with Gasteiger partial charge in [0.25, 0.3) is 0 Å². The Bertz CT molecular complexity index is 1010. The summed E-state index contributed by atoms with van der Waals surface area (Å²) >= 11 is 0. The molecule has 2 N–H and O–H groups in total. The third-order valence-electron chi connectivity index (χ3n) is 4.51. The lowest BCUT2D eigenvalue weighted by Gasteiger charge is -2.17. The largest absolute Gasteiger partial charge is 0.342 e. The summed E-state index contributed by atoms with van der Waals surface area (Å²) in [4.78, 5) is 33.6. The van der Waals surface area contributed by atoms with E-state index in [1.165, 1.54) is 11.0 Å². The van der Waals surface area contributed by atoms with Crippen LogP contribution in [-0.4, -0.2) is 28.3 Å². The normalized spacial score (nSPS) is 17.1. The number of H-pyrrole nitrogens is 1. The zero-order valence-corrected chi connectivity index (χ0v) is 14.1. The Balaban J connectivity index is 1.49. The Morgan fingerprint density at radius 1 is 1.31 bits per heavy atom. The predicted octanol–water partition coefficient (Wildman–Crippen LogP) is 3.00. The van der Waals surface area contributed by atoms with Crippen LogP contribution in [0.4, 0.5) is 15.8 Å². The predicted molar refractivity (Wildman–Crippen MR) is 96.3 cm³/mol. The van der Waals surface area contributed by atoms with Crippen molar-refractivity contribution in [2.24, 2.45) is 5.92 Å². The van der Waals surface area contributed by atoms with E-state index in [1.54, 1.807) is 30.3 Å². The number of fused-ring (bicyclic) bond motifs is 1. The highest BCUT2D eigenvalue weighted by molar-refractivity contribution is 6.04. The fraction of sp³-hybridized carbons (Fsp3) is 0.211. The smallest absolute Gasteiger partial charge is 0.229 e. The summed E-state index contributed by atoms with van der Waals surface area (Å²) in [6, 6.07) is 11.5. The lowest BCUT2D eigenvalue weighted by molar-refractivity contribution is -0.122. The molecule has 3 aromatic rings. The van der Waals surface area contributed by atoms with E-state index in [0.29, 0.717) is 5.69 Å². The molecule has 0 unspecified atom stereocenters. The molecule has 7 heteroatoms. The van der Waals surface area contributed by atoms with Crippen LogP contribution >= 0.6 is 0 Å². The summed E-state index contributed by atoms with van der Waals surface area (Å²) in [5, 5.41) is 2.83. The van der Waals surface area contributed by atoms with E-state index < -0.39 is 11.7 Å². The van der Waals surface area contributed by atoms with Gasteiger partial charge < -0.3 is 15.2 Å². The van der Waals surface area contributed by atoms with Crippen molar-refractivity contribution in [2.45, 2.75) is 13.3 Å². The van der Waals surface area contributed by atoms with Gasteiger partial charge in [-0.15, -0.1) is 0 Å². The summed E-state index contributed by atoms with van der Waals surface area (Å²) < 4.78 is 13.9. The monoisotopic (exact) mass is 352 g/mol. The van der Waals surface area contributed by atoms with Crippen molar-refractivity contribution < 1.29 is 14.0 Å². The summed E-state index contributed by atoms with van der Waals surface area (Å²) in [5.74, 6) is -0.712. The fourth-order valence-corrected chi connectivity index (χ4v) is 3.25. The molecule has 1 fully saturated rings. The van der Waals surface area contributed by atoms with Crippen molar-refractivity contribution >= 4 is 34.2 Å². The molecule has 0 bridgehead atoms. The quantitative estimate of drug-likeness (QED) is 0.761. The van der Waals surface area contributed by atoms with Crippen LogP contribution in [0, 0.1) is 18.7 Å². The molecule has 0 spiro atoms. The fourth-order valence-electron chi connectivity index (χ4n) is 3.25. The first-order valence-electron chi connectivity index (χ1n) is 8.33. The van der Waals surface area contributed by atoms with Gasteiger partial charge in [0, 0.05) is 18.7 Å². The van der Waals surface area contributed by atoms with Crippen molar-refractivity contribution in [1.29, 1.82) is 0 Å². The van der Waals surface area contributed by atoms with E-state index in [0.717, 1.165) is 16.9 Å². The number of nitrogens with zero attached hydrogens (tertiary/aromatic N) is 2. The standard InChI is InChI=1S/C19H17FN4O2/c1-11-21-15-7-6-13(9-16(15)22-11)23-19(26)12-8-18(25)24(10-12)17-5-3-2-4-14(17)20/h2-7,9,12H,8,10H2,1H3,(H,21,22)(H,23,26)/t12-/m1/s1. The molecule has 0 saturated carbocycles. The Kier molecular flexibility index (Phi) is 3.91. The van der Waals surface area contributed by atoms with Gasteiger partial charge in [-0.25, -0.2) is 9.37 Å². The maximum atomic E-state index is 13.9. The number of rotatable bonds is 3. The maximum absolute atomic E-state index is 13.9. The van der Waals surface area contributed by atoms with Gasteiger partial charge in [-0.05, 0) is 37.3 Å². The minimum absolute atomic E-state index is 0.0611. The number of hydrogen-bond donors (Lipinski definition) is 2. The number of imidazole rings is 1. The molecule has 4 rings (SSSR count). The van der Waals surface area contributed by atoms with Crippen molar-refractivity contribution in [3.63, 3.8) is 0 Å². The SMILES string of the molecule is Cc1nc2ccc(NC(=O)[C@@H]3CC(=O)N(c4ccccc4F)C3)cc2[nH]1. The molecular formula is C19H17FN4O2. The topological polar surface area (TPSA) is 78.1 Å². The van der Waals surface area contributed by atoms with E-state index in [1.807, 2.05) is 13.0 Å². The Labute approximate surface area is 149 Å². The van der Waals surface area contributed by atoms with Gasteiger partial charge in [-0.2, -0.15) is 0 Å². The first kappa shape index (κ1) is 16.3. The van der Waals surface area contributed by atoms with E-state index in [9.17, 15) is 14.0 Å². The van der Waals surface area contributed by atoms with Crippen molar-refractivity contribution in [3.8, 4) is 0 Å². The molecule has 2 amide bonds. The van der Waals surface area contributed by atoms with Crippen molar-refractivity contribution in [2.75, 3.05) is 16.8 Å². The van der Waals surface area contributed by atoms with Crippen LogP contribution < -0.4 is 10.2 Å². The van der Waals surface area contributed by atoms with E-state index in [4.69, 9.17) is 0 Å². The number of nitrogens with one attached hydrogen (secondary N) is 2. The maximum Gasteiger partial charge on any atom is 0.229 e. The average Bonchev–Trinajstić information content (AvgIpc) is 3.17. The number of aromatic nitrogens is 2. The highest BCUT2D eigenvalue weighted by Crippen LogP contribution is 2.28. The number of carbonyl (C=O) groups is 2. The molecule has 1 atom stereocenters.